The molecular formula is C40H56BN3O9. The van der Waals surface area contributed by atoms with Gasteiger partial charge in [-0.15, -0.1) is 0 Å². The number of unbranched alkanes of at least 4 members (excludes halogenated alkanes) is 1. The van der Waals surface area contributed by atoms with Crippen LogP contribution in [0.1, 0.15) is 92.2 Å². The minimum absolute atomic E-state index is 0.0159. The van der Waals surface area contributed by atoms with E-state index in [1.165, 1.54) is 4.90 Å². The Hall–Kier alpha value is -4.10. The van der Waals surface area contributed by atoms with E-state index in [2.05, 4.69) is 5.32 Å². The highest BCUT2D eigenvalue weighted by molar-refractivity contribution is 6.45. The van der Waals surface area contributed by atoms with E-state index in [4.69, 9.17) is 23.5 Å². The quantitative estimate of drug-likeness (QED) is 0.112. The molecule has 3 aliphatic heterocycles. The largest absolute Gasteiger partial charge is 0.459 e. The molecule has 4 atom stereocenters. The first-order valence-electron chi connectivity index (χ1n) is 18.8. The van der Waals surface area contributed by atoms with Crippen molar-refractivity contribution in [1.29, 1.82) is 0 Å². The van der Waals surface area contributed by atoms with E-state index in [0.29, 0.717) is 32.1 Å². The first-order chi connectivity index (χ1) is 24.9. The molecule has 2 aromatic carbocycles. The molecule has 0 spiro atoms. The van der Waals surface area contributed by atoms with Gasteiger partial charge in [0.25, 0.3) is 0 Å². The van der Waals surface area contributed by atoms with Crippen LogP contribution in [-0.4, -0.2) is 88.5 Å². The fraction of sp³-hybridized carbons (Fsp3) is 0.600. The molecule has 53 heavy (non-hydrogen) atoms. The van der Waals surface area contributed by atoms with E-state index in [0.717, 1.165) is 11.1 Å². The molecule has 0 bridgehead atoms. The van der Waals surface area contributed by atoms with Crippen LogP contribution < -0.4 is 5.32 Å². The molecule has 0 aliphatic carbocycles. The normalized spacial score (nSPS) is 23.7. The predicted molar refractivity (Wildman–Crippen MR) is 199 cm³/mol. The summed E-state index contributed by atoms with van der Waals surface area (Å²) in [5.74, 6) is -1.30. The second-order valence-electron chi connectivity index (χ2n) is 16.4. The van der Waals surface area contributed by atoms with E-state index >= 15 is 0 Å². The van der Waals surface area contributed by atoms with Crippen LogP contribution >= 0.6 is 0 Å². The third kappa shape index (κ3) is 9.17. The van der Waals surface area contributed by atoms with Crippen molar-refractivity contribution in [1.82, 2.24) is 15.1 Å². The zero-order valence-electron chi connectivity index (χ0n) is 32.5. The first-order valence-corrected chi connectivity index (χ1v) is 18.8. The van der Waals surface area contributed by atoms with Crippen LogP contribution in [0.15, 0.2) is 60.7 Å². The highest BCUT2D eigenvalue weighted by atomic mass is 16.7. The number of carbonyl (C=O) groups is 4. The number of hydrogen-bond donors (Lipinski definition) is 1. The number of nitrogens with zero attached hydrogens (tertiary/aromatic N) is 2. The van der Waals surface area contributed by atoms with Gasteiger partial charge in [0.1, 0.15) is 30.4 Å². The molecule has 0 aromatic heterocycles. The second kappa shape index (κ2) is 16.1. The average molecular weight is 734 g/mol. The lowest BCUT2D eigenvalue weighted by molar-refractivity contribution is -0.160. The summed E-state index contributed by atoms with van der Waals surface area (Å²) in [7, 11) is -0.400. The zero-order valence-corrected chi connectivity index (χ0v) is 32.5. The van der Waals surface area contributed by atoms with Gasteiger partial charge in [-0.05, 0) is 85.7 Å². The summed E-state index contributed by atoms with van der Waals surface area (Å²) < 4.78 is 29.8. The Labute approximate surface area is 314 Å². The molecule has 3 heterocycles. The smallest absolute Gasteiger partial charge is 0.457 e. The summed E-state index contributed by atoms with van der Waals surface area (Å²) in [5.41, 5.74) is -1.46. The van der Waals surface area contributed by atoms with Gasteiger partial charge < -0.3 is 33.7 Å². The number of alkyl carbamates (subject to hydrolysis) is 1. The van der Waals surface area contributed by atoms with Crippen molar-refractivity contribution in [2.75, 3.05) is 13.1 Å². The van der Waals surface area contributed by atoms with Crippen LogP contribution in [0.25, 0.3) is 0 Å². The first kappa shape index (κ1) is 40.1. The van der Waals surface area contributed by atoms with Gasteiger partial charge in [-0.3, -0.25) is 9.69 Å². The fourth-order valence-corrected chi connectivity index (χ4v) is 7.61. The molecule has 0 unspecified atom stereocenters. The minimum Gasteiger partial charge on any atom is -0.459 e. The molecule has 13 heteroatoms. The molecule has 5 rings (SSSR count). The molecule has 1 N–H and O–H groups in total. The van der Waals surface area contributed by atoms with E-state index < -0.39 is 65.6 Å². The Kier molecular flexibility index (Phi) is 12.2. The Morgan fingerprint density at radius 1 is 0.887 bits per heavy atom. The van der Waals surface area contributed by atoms with Crippen LogP contribution in [0.4, 0.5) is 9.59 Å². The van der Waals surface area contributed by atoms with Gasteiger partial charge >= 0.3 is 25.3 Å². The van der Waals surface area contributed by atoms with Crippen molar-refractivity contribution in [3.8, 4) is 0 Å². The number of ether oxygens (including phenoxy) is 3. The van der Waals surface area contributed by atoms with E-state index in [1.54, 1.807) is 32.6 Å². The van der Waals surface area contributed by atoms with Gasteiger partial charge in [-0.1, -0.05) is 73.5 Å². The summed E-state index contributed by atoms with van der Waals surface area (Å²) in [6.45, 7) is 15.4. The Morgan fingerprint density at radius 3 is 2.02 bits per heavy atom. The van der Waals surface area contributed by atoms with Gasteiger partial charge in [-0.25, -0.2) is 14.4 Å². The van der Waals surface area contributed by atoms with Crippen molar-refractivity contribution < 1.29 is 42.7 Å². The van der Waals surface area contributed by atoms with Crippen molar-refractivity contribution in [3.63, 3.8) is 0 Å². The molecule has 3 fully saturated rings. The lowest BCUT2D eigenvalue weighted by atomic mass is 9.76. The molecule has 12 nitrogen and oxygen atoms in total. The monoisotopic (exact) mass is 733 g/mol. The number of benzene rings is 2. The molecule has 2 aromatic rings. The Morgan fingerprint density at radius 2 is 1.45 bits per heavy atom. The summed E-state index contributed by atoms with van der Waals surface area (Å²) in [4.78, 5) is 58.6. The van der Waals surface area contributed by atoms with Gasteiger partial charge in [-0.2, -0.15) is 0 Å². The van der Waals surface area contributed by atoms with Gasteiger partial charge in [0.2, 0.25) is 5.91 Å². The number of likely N-dealkylation sites (tertiary alicyclic amines) is 2. The van der Waals surface area contributed by atoms with Gasteiger partial charge in [0, 0.05) is 19.0 Å². The number of esters is 1. The van der Waals surface area contributed by atoms with E-state index in [-0.39, 0.29) is 32.1 Å². The van der Waals surface area contributed by atoms with Crippen LogP contribution in [-0.2, 0) is 46.3 Å². The second-order valence-corrected chi connectivity index (χ2v) is 16.4. The number of amides is 3. The van der Waals surface area contributed by atoms with Crippen LogP contribution in [0, 0.1) is 5.92 Å². The van der Waals surface area contributed by atoms with Crippen molar-refractivity contribution in [2.45, 2.75) is 135 Å². The summed E-state index contributed by atoms with van der Waals surface area (Å²) in [5, 5.41) is 2.65. The lowest BCUT2D eigenvalue weighted by Gasteiger charge is -2.39. The zero-order chi connectivity index (χ0) is 38.6. The maximum absolute atomic E-state index is 14.7. The maximum atomic E-state index is 14.7. The predicted octanol–water partition coefficient (Wildman–Crippen LogP) is 6.51. The summed E-state index contributed by atoms with van der Waals surface area (Å²) in [6, 6.07) is 17.3. The highest BCUT2D eigenvalue weighted by Crippen LogP contribution is 2.48. The molecule has 0 saturated carbocycles. The maximum Gasteiger partial charge on any atom is 0.457 e. The van der Waals surface area contributed by atoms with Crippen molar-refractivity contribution in [3.05, 3.63) is 71.8 Å². The summed E-state index contributed by atoms with van der Waals surface area (Å²) in [6.07, 6.45) is 1.21. The molecule has 0 radical (unpaired) electrons. The standard InChI is InChI=1S/C40H56BN3O9/c1-28(42-35(47)51-37(2,3)4)33(45)43-24-21-31-32(43)25-44(36(48)50-27-30-19-13-10-14-20-30)40(31,34(46)49-26-29-17-11-9-12-18-29)22-15-16-23-41-52-38(5,6)39(7,8)53-41/h9-14,17-20,28,31-32H,15-16,21-27H2,1-8H3,(H,42,47)/t28-,31-,32-,40+/m0/s1. The third-order valence-corrected chi connectivity index (χ3v) is 10.9. The molecule has 3 saturated heterocycles. The topological polar surface area (TPSA) is 133 Å². The number of carbonyl (C=O) groups excluding carboxylic acids is 4. The Balaban J connectivity index is 1.41. The van der Waals surface area contributed by atoms with Gasteiger partial charge in [0.15, 0.2) is 0 Å². The van der Waals surface area contributed by atoms with Crippen molar-refractivity contribution >= 4 is 31.2 Å². The van der Waals surface area contributed by atoms with Crippen LogP contribution in [0.5, 0.6) is 0 Å². The summed E-state index contributed by atoms with van der Waals surface area (Å²) >= 11 is 0. The van der Waals surface area contributed by atoms with Crippen LogP contribution in [0.3, 0.4) is 0 Å². The van der Waals surface area contributed by atoms with Gasteiger partial charge in [0.05, 0.1) is 17.2 Å². The molecular weight excluding hydrogens is 677 g/mol. The number of hydrogen-bond acceptors (Lipinski definition) is 9. The van der Waals surface area contributed by atoms with Crippen LogP contribution in [0.2, 0.25) is 6.32 Å². The SMILES string of the molecule is C[C@H](NC(=O)OC(C)(C)C)C(=O)N1CC[C@H]2[C@@H]1CN(C(=O)OCc1ccccc1)[C@@]2(CCCCB1OC(C)(C)C(C)(C)O1)C(=O)OCc1ccccc1. The fourth-order valence-electron chi connectivity index (χ4n) is 7.61. The van der Waals surface area contributed by atoms with E-state index in [9.17, 15) is 19.2 Å². The number of nitrogens with one attached hydrogen (secondary N) is 1. The van der Waals surface area contributed by atoms with Crippen molar-refractivity contribution in [2.24, 2.45) is 5.92 Å². The highest BCUT2D eigenvalue weighted by Gasteiger charge is 2.65. The number of rotatable bonds is 12. The third-order valence-electron chi connectivity index (χ3n) is 10.9. The van der Waals surface area contributed by atoms with E-state index in [1.807, 2.05) is 88.4 Å². The average Bonchev–Trinajstić information content (AvgIpc) is 3.72. The molecule has 3 amide bonds. The lowest BCUT2D eigenvalue weighted by Crippen LogP contribution is -2.57. The minimum atomic E-state index is -1.42. The molecule has 3 aliphatic rings. The Bertz CT molecular complexity index is 1580. The number of fused-ring (bicyclic) bond motifs is 1. The molecule has 288 valence electrons.